The number of nitrogens with two attached hydrogens (primary N) is 1. The van der Waals surface area contributed by atoms with Crippen molar-refractivity contribution in [3.05, 3.63) is 52.3 Å². The molecule has 11 heteroatoms. The highest BCUT2D eigenvalue weighted by Crippen LogP contribution is 2.65. The summed E-state index contributed by atoms with van der Waals surface area (Å²) in [5.41, 5.74) is 5.59. The minimum absolute atomic E-state index is 0.118. The van der Waals surface area contributed by atoms with Gasteiger partial charge in [0.15, 0.2) is 0 Å². The Morgan fingerprint density at radius 2 is 1.92 bits per heavy atom. The molecule has 2 atom stereocenters. The van der Waals surface area contributed by atoms with Crippen molar-refractivity contribution in [3.63, 3.8) is 0 Å². The fraction of sp³-hybridized carbons (Fsp3) is 0.520. The van der Waals surface area contributed by atoms with Crippen molar-refractivity contribution in [1.29, 1.82) is 0 Å². The van der Waals surface area contributed by atoms with Crippen LogP contribution in [0.4, 0.5) is 8.78 Å². The van der Waals surface area contributed by atoms with Crippen LogP contribution in [0, 0.1) is 5.41 Å². The first-order valence-corrected chi connectivity index (χ1v) is 12.0. The van der Waals surface area contributed by atoms with Gasteiger partial charge in [0.1, 0.15) is 0 Å². The summed E-state index contributed by atoms with van der Waals surface area (Å²) >= 11 is 6.34. The number of hydrogen-bond acceptors (Lipinski definition) is 6. The summed E-state index contributed by atoms with van der Waals surface area (Å²) in [6.07, 6.45) is 3.93. The van der Waals surface area contributed by atoms with E-state index in [1.165, 1.54) is 25.6 Å². The van der Waals surface area contributed by atoms with Crippen LogP contribution in [0.25, 0.3) is 0 Å². The van der Waals surface area contributed by atoms with Crippen LogP contribution < -0.4 is 15.8 Å². The van der Waals surface area contributed by atoms with Gasteiger partial charge in [-0.1, -0.05) is 17.7 Å². The Bertz CT molecular complexity index is 1090. The lowest BCUT2D eigenvalue weighted by atomic mass is 9.78. The normalized spacial score (nSPS) is 16.3. The molecule has 0 saturated heterocycles. The third-order valence-corrected chi connectivity index (χ3v) is 7.36. The van der Waals surface area contributed by atoms with Crippen molar-refractivity contribution in [2.75, 3.05) is 27.7 Å². The fourth-order valence-electron chi connectivity index (χ4n) is 4.52. The van der Waals surface area contributed by atoms with Gasteiger partial charge in [-0.2, -0.15) is 0 Å². The van der Waals surface area contributed by atoms with E-state index in [4.69, 9.17) is 22.1 Å². The molecule has 2 aromatic rings. The molecule has 1 saturated carbocycles. The van der Waals surface area contributed by atoms with Crippen molar-refractivity contribution in [1.82, 2.24) is 20.2 Å². The van der Waals surface area contributed by atoms with Gasteiger partial charge in [-0.3, -0.25) is 9.59 Å². The molecule has 3 N–H and O–H groups in total. The van der Waals surface area contributed by atoms with E-state index in [1.807, 2.05) is 19.0 Å². The Balaban J connectivity index is 1.71. The van der Waals surface area contributed by atoms with E-state index in [9.17, 15) is 18.4 Å². The molecule has 1 unspecified atom stereocenters. The minimum Gasteiger partial charge on any atom is -0.467 e. The molecule has 0 radical (unpaired) electrons. The Kier molecular flexibility index (Phi) is 8.51. The van der Waals surface area contributed by atoms with Gasteiger partial charge in [0, 0.05) is 53.3 Å². The average molecular weight is 524 g/mol. The van der Waals surface area contributed by atoms with Crippen LogP contribution >= 0.6 is 11.6 Å². The van der Waals surface area contributed by atoms with Gasteiger partial charge in [0.25, 0.3) is 5.92 Å². The maximum atomic E-state index is 14.6. The number of primary amides is 1. The first kappa shape index (κ1) is 27.7. The predicted octanol–water partition coefficient (Wildman–Crippen LogP) is 3.44. The number of methoxy groups -OCH3 is 1. The van der Waals surface area contributed by atoms with Crippen molar-refractivity contribution < 1.29 is 23.1 Å². The van der Waals surface area contributed by atoms with Gasteiger partial charge in [0.2, 0.25) is 11.8 Å². The standard InChI is InChI=1S/C25H32ClF2N5O3/c1-24(27,28)25(7-8-25)19(17-12-31-23(36-4)32-13-17)11-21(34)30-14-18(33(2)3)9-15-5-6-16(22(29)35)10-20(15)26/h5-6,10,12-13,18-19H,7-9,11,14H2,1-4H3,(H2,29,35)(H,30,34)/t18-,19?/m0/s1. The van der Waals surface area contributed by atoms with E-state index in [0.717, 1.165) is 12.5 Å². The summed E-state index contributed by atoms with van der Waals surface area (Å²) in [6, 6.07) is 4.87. The second-order valence-electron chi connectivity index (χ2n) is 9.60. The molecule has 1 heterocycles. The number of aromatic nitrogens is 2. The number of halogens is 3. The van der Waals surface area contributed by atoms with E-state index in [-0.39, 0.29) is 30.9 Å². The number of nitrogens with zero attached hydrogens (tertiary/aromatic N) is 3. The zero-order valence-electron chi connectivity index (χ0n) is 20.9. The molecular formula is C25H32ClF2N5O3. The summed E-state index contributed by atoms with van der Waals surface area (Å²) in [4.78, 5) is 34.4. The molecule has 1 aliphatic rings. The SMILES string of the molecule is COc1ncc(C(CC(=O)NC[C@H](Cc2ccc(C(N)=O)cc2Cl)N(C)C)C2(C(C)(F)F)CC2)cn1. The number of rotatable bonds is 12. The quantitative estimate of drug-likeness (QED) is 0.441. The number of likely N-dealkylation sites (N-methyl/N-ethyl adjacent to an activating group) is 1. The molecule has 1 aromatic heterocycles. The Morgan fingerprint density at radius 1 is 1.28 bits per heavy atom. The summed E-state index contributed by atoms with van der Waals surface area (Å²) < 4.78 is 34.2. The van der Waals surface area contributed by atoms with E-state index >= 15 is 0 Å². The lowest BCUT2D eigenvalue weighted by Gasteiger charge is -2.32. The number of amides is 2. The number of benzene rings is 1. The molecule has 2 amide bonds. The Hall–Kier alpha value is -2.85. The van der Waals surface area contributed by atoms with Crippen molar-refractivity contribution >= 4 is 23.4 Å². The number of carbonyl (C=O) groups is 2. The molecule has 3 rings (SSSR count). The van der Waals surface area contributed by atoms with E-state index in [0.29, 0.717) is 35.4 Å². The molecule has 8 nitrogen and oxygen atoms in total. The maximum Gasteiger partial charge on any atom is 0.316 e. The highest BCUT2D eigenvalue weighted by Gasteiger charge is 2.63. The Labute approximate surface area is 214 Å². The summed E-state index contributed by atoms with van der Waals surface area (Å²) in [7, 11) is 5.16. The van der Waals surface area contributed by atoms with Crippen molar-refractivity contribution in [2.45, 2.75) is 50.5 Å². The number of alkyl halides is 2. The number of carbonyl (C=O) groups excluding carboxylic acids is 2. The number of ether oxygens (including phenoxy) is 1. The molecule has 0 spiro atoms. The van der Waals surface area contributed by atoms with Crippen LogP contribution in [-0.4, -0.2) is 66.4 Å². The summed E-state index contributed by atoms with van der Waals surface area (Å²) in [5.74, 6) is -4.61. The van der Waals surface area contributed by atoms with Gasteiger partial charge in [0.05, 0.1) is 7.11 Å². The molecule has 1 aliphatic carbocycles. The second kappa shape index (κ2) is 11.0. The van der Waals surface area contributed by atoms with E-state index in [1.54, 1.807) is 12.1 Å². The molecule has 1 aromatic carbocycles. The Morgan fingerprint density at radius 3 is 2.39 bits per heavy atom. The highest BCUT2D eigenvalue weighted by molar-refractivity contribution is 6.31. The smallest absolute Gasteiger partial charge is 0.316 e. The van der Waals surface area contributed by atoms with Crippen LogP contribution in [-0.2, 0) is 11.2 Å². The third-order valence-electron chi connectivity index (χ3n) is 7.01. The van der Waals surface area contributed by atoms with Crippen LogP contribution in [0.2, 0.25) is 5.02 Å². The third kappa shape index (κ3) is 6.28. The first-order valence-electron chi connectivity index (χ1n) is 11.6. The van der Waals surface area contributed by atoms with Crippen molar-refractivity contribution in [2.24, 2.45) is 11.1 Å². The van der Waals surface area contributed by atoms with Gasteiger partial charge in [-0.05, 0) is 63.5 Å². The maximum absolute atomic E-state index is 14.6. The molecular weight excluding hydrogens is 492 g/mol. The average Bonchev–Trinajstić information content (AvgIpc) is 3.63. The molecule has 0 bridgehead atoms. The summed E-state index contributed by atoms with van der Waals surface area (Å²) in [5, 5.41) is 3.31. The largest absolute Gasteiger partial charge is 0.467 e. The first-order chi connectivity index (χ1) is 16.9. The van der Waals surface area contributed by atoms with Crippen molar-refractivity contribution in [3.8, 4) is 6.01 Å². The van der Waals surface area contributed by atoms with Crippen LogP contribution in [0.15, 0.2) is 30.6 Å². The number of hydrogen-bond donors (Lipinski definition) is 2. The highest BCUT2D eigenvalue weighted by atomic mass is 35.5. The van der Waals surface area contributed by atoms with E-state index < -0.39 is 23.2 Å². The fourth-order valence-corrected chi connectivity index (χ4v) is 4.78. The molecule has 36 heavy (non-hydrogen) atoms. The monoisotopic (exact) mass is 523 g/mol. The topological polar surface area (TPSA) is 110 Å². The second-order valence-corrected chi connectivity index (χ2v) is 10.0. The van der Waals surface area contributed by atoms with Gasteiger partial charge in [-0.25, -0.2) is 18.7 Å². The van der Waals surface area contributed by atoms with E-state index in [2.05, 4.69) is 15.3 Å². The molecule has 0 aliphatic heterocycles. The minimum atomic E-state index is -2.96. The van der Waals surface area contributed by atoms with Gasteiger partial charge in [-0.15, -0.1) is 0 Å². The zero-order valence-corrected chi connectivity index (χ0v) is 21.6. The lowest BCUT2D eigenvalue weighted by molar-refractivity contribution is -0.123. The van der Waals surface area contributed by atoms with Crippen LogP contribution in [0.3, 0.4) is 0 Å². The van der Waals surface area contributed by atoms with Crippen LogP contribution in [0.5, 0.6) is 6.01 Å². The van der Waals surface area contributed by atoms with Crippen LogP contribution in [0.1, 0.15) is 53.6 Å². The predicted molar refractivity (Wildman–Crippen MR) is 132 cm³/mol. The molecule has 1 fully saturated rings. The van der Waals surface area contributed by atoms with Gasteiger partial charge >= 0.3 is 6.01 Å². The molecule has 196 valence electrons. The summed E-state index contributed by atoms with van der Waals surface area (Å²) in [6.45, 7) is 1.19. The van der Waals surface area contributed by atoms with Gasteiger partial charge < -0.3 is 20.7 Å². The number of nitrogens with one attached hydrogen (secondary N) is 1. The lowest BCUT2D eigenvalue weighted by Crippen LogP contribution is -2.43. The zero-order chi connectivity index (χ0) is 26.7.